The maximum Gasteiger partial charge on any atom is 0.150 e. The van der Waals surface area contributed by atoms with E-state index in [1.807, 2.05) is 0 Å². The van der Waals surface area contributed by atoms with Crippen molar-refractivity contribution in [1.29, 1.82) is 0 Å². The summed E-state index contributed by atoms with van der Waals surface area (Å²) < 4.78 is 1.16. The molecule has 0 radical (unpaired) electrons. The molecule has 2 rings (SSSR count). The lowest BCUT2D eigenvalue weighted by Gasteiger charge is -2.54. The van der Waals surface area contributed by atoms with Crippen molar-refractivity contribution in [1.82, 2.24) is 0 Å². The van der Waals surface area contributed by atoms with Crippen LogP contribution in [0.2, 0.25) is 0 Å². The van der Waals surface area contributed by atoms with E-state index < -0.39 is 0 Å². The van der Waals surface area contributed by atoms with Crippen LogP contribution < -0.4 is 5.73 Å². The first kappa shape index (κ1) is 8.52. The number of hydrogen-bond acceptors (Lipinski definition) is 1. The average molecular weight is 169 g/mol. The molecule has 0 aromatic rings. The second-order valence-corrected chi connectivity index (χ2v) is 4.86. The number of piperidine rings is 2. The number of nitrogens with zero attached hydrogens (tertiary/aromatic N) is 1. The van der Waals surface area contributed by atoms with Crippen molar-refractivity contribution < 1.29 is 4.48 Å². The minimum absolute atomic E-state index is 0.149. The Hall–Kier alpha value is -0.0800. The van der Waals surface area contributed by atoms with Crippen LogP contribution in [0.15, 0.2) is 0 Å². The van der Waals surface area contributed by atoms with Crippen LogP contribution in [0.25, 0.3) is 0 Å². The smallest absolute Gasteiger partial charge is 0.150 e. The van der Waals surface area contributed by atoms with E-state index in [1.165, 1.54) is 51.6 Å². The Morgan fingerprint density at radius 2 is 1.50 bits per heavy atom. The molecule has 0 bridgehead atoms. The zero-order valence-corrected chi connectivity index (χ0v) is 8.18. The van der Waals surface area contributed by atoms with E-state index in [0.717, 1.165) is 4.48 Å². The largest absolute Gasteiger partial charge is 0.309 e. The first-order valence-electron chi connectivity index (χ1n) is 5.30. The minimum Gasteiger partial charge on any atom is -0.309 e. The lowest BCUT2D eigenvalue weighted by Crippen LogP contribution is -2.71. The van der Waals surface area contributed by atoms with E-state index in [0.29, 0.717) is 0 Å². The molecule has 0 atom stereocenters. The summed E-state index contributed by atoms with van der Waals surface area (Å²) in [5.41, 5.74) is 6.62. The highest BCUT2D eigenvalue weighted by Gasteiger charge is 2.48. The van der Waals surface area contributed by atoms with Gasteiger partial charge in [0.1, 0.15) is 5.66 Å². The molecular formula is C10H21N2+. The SMILES string of the molecule is C[N+]12CCCCC1(N)CCCC2. The Balaban J connectivity index is 2.20. The van der Waals surface area contributed by atoms with Crippen molar-refractivity contribution in [2.45, 2.75) is 44.2 Å². The fourth-order valence-electron chi connectivity index (χ4n) is 3.01. The second-order valence-electron chi connectivity index (χ2n) is 4.86. The molecule has 2 heteroatoms. The Labute approximate surface area is 75.3 Å². The fraction of sp³-hybridized carbons (Fsp3) is 1.00. The third kappa shape index (κ3) is 1.09. The molecule has 0 aromatic carbocycles. The van der Waals surface area contributed by atoms with Gasteiger partial charge in [-0.1, -0.05) is 0 Å². The van der Waals surface area contributed by atoms with Crippen LogP contribution in [0.4, 0.5) is 0 Å². The second kappa shape index (κ2) is 2.71. The minimum atomic E-state index is 0.149. The summed E-state index contributed by atoms with van der Waals surface area (Å²) >= 11 is 0. The molecule has 0 unspecified atom stereocenters. The Bertz CT molecular complexity index is 145. The molecule has 2 saturated heterocycles. The highest BCUT2D eigenvalue weighted by Crippen LogP contribution is 2.37. The van der Waals surface area contributed by atoms with E-state index in [1.54, 1.807) is 0 Å². The van der Waals surface area contributed by atoms with Crippen molar-refractivity contribution in [2.75, 3.05) is 20.1 Å². The zero-order chi connectivity index (χ0) is 8.66. The Morgan fingerprint density at radius 1 is 1.00 bits per heavy atom. The van der Waals surface area contributed by atoms with Gasteiger partial charge in [-0.15, -0.1) is 0 Å². The third-order valence-electron chi connectivity index (χ3n) is 4.10. The van der Waals surface area contributed by atoms with E-state index in [4.69, 9.17) is 5.73 Å². The molecule has 2 N–H and O–H groups in total. The highest BCUT2D eigenvalue weighted by molar-refractivity contribution is 4.81. The molecule has 2 fully saturated rings. The summed E-state index contributed by atoms with van der Waals surface area (Å²) in [6.07, 6.45) is 7.98. The van der Waals surface area contributed by atoms with Gasteiger partial charge < -0.3 is 4.48 Å². The van der Waals surface area contributed by atoms with E-state index in [-0.39, 0.29) is 5.66 Å². The van der Waals surface area contributed by atoms with Gasteiger partial charge in [-0.25, -0.2) is 0 Å². The van der Waals surface area contributed by atoms with Gasteiger partial charge in [-0.2, -0.15) is 0 Å². The molecule has 0 aromatic heterocycles. The zero-order valence-electron chi connectivity index (χ0n) is 8.18. The van der Waals surface area contributed by atoms with Gasteiger partial charge in [0, 0.05) is 12.8 Å². The molecule has 0 amide bonds. The summed E-state index contributed by atoms with van der Waals surface area (Å²) in [6, 6.07) is 0. The number of quaternary nitrogens is 1. The summed E-state index contributed by atoms with van der Waals surface area (Å²) in [4.78, 5) is 0. The van der Waals surface area contributed by atoms with E-state index in [9.17, 15) is 0 Å². The van der Waals surface area contributed by atoms with Crippen molar-refractivity contribution in [3.63, 3.8) is 0 Å². The molecular weight excluding hydrogens is 148 g/mol. The first-order chi connectivity index (χ1) is 5.66. The van der Waals surface area contributed by atoms with E-state index in [2.05, 4.69) is 7.05 Å². The predicted octanol–water partition coefficient (Wildman–Crippen LogP) is 1.46. The van der Waals surface area contributed by atoms with Gasteiger partial charge in [0.2, 0.25) is 0 Å². The normalized spacial score (nSPS) is 48.5. The summed E-state index contributed by atoms with van der Waals surface area (Å²) in [7, 11) is 2.36. The van der Waals surface area contributed by atoms with Gasteiger partial charge >= 0.3 is 0 Å². The molecule has 2 aliphatic heterocycles. The number of nitrogens with two attached hydrogens (primary N) is 1. The monoisotopic (exact) mass is 169 g/mol. The molecule has 2 aliphatic rings. The van der Waals surface area contributed by atoms with E-state index >= 15 is 0 Å². The van der Waals surface area contributed by atoms with Gasteiger partial charge in [0.05, 0.1) is 20.1 Å². The van der Waals surface area contributed by atoms with Gasteiger partial charge in [-0.3, -0.25) is 5.73 Å². The Kier molecular flexibility index (Phi) is 1.92. The molecule has 12 heavy (non-hydrogen) atoms. The summed E-state index contributed by atoms with van der Waals surface area (Å²) in [5.74, 6) is 0. The van der Waals surface area contributed by atoms with Crippen molar-refractivity contribution in [3.8, 4) is 0 Å². The third-order valence-corrected chi connectivity index (χ3v) is 4.10. The molecule has 0 saturated carbocycles. The van der Waals surface area contributed by atoms with Crippen LogP contribution in [0.5, 0.6) is 0 Å². The molecule has 0 aliphatic carbocycles. The Morgan fingerprint density at radius 3 is 1.92 bits per heavy atom. The fourth-order valence-corrected chi connectivity index (χ4v) is 3.01. The lowest BCUT2D eigenvalue weighted by atomic mass is 9.85. The van der Waals surface area contributed by atoms with Crippen LogP contribution in [-0.2, 0) is 0 Å². The van der Waals surface area contributed by atoms with Gasteiger partial charge in [0.25, 0.3) is 0 Å². The topological polar surface area (TPSA) is 26.0 Å². The van der Waals surface area contributed by atoms with Gasteiger partial charge in [0.15, 0.2) is 0 Å². The number of hydrogen-bond donors (Lipinski definition) is 1. The lowest BCUT2D eigenvalue weighted by molar-refractivity contribution is -0.969. The quantitative estimate of drug-likeness (QED) is 0.546. The maximum atomic E-state index is 6.47. The highest BCUT2D eigenvalue weighted by atomic mass is 15.4. The van der Waals surface area contributed by atoms with Crippen LogP contribution >= 0.6 is 0 Å². The summed E-state index contributed by atoms with van der Waals surface area (Å²) in [5, 5.41) is 0. The van der Waals surface area contributed by atoms with Gasteiger partial charge in [-0.05, 0) is 25.7 Å². The van der Waals surface area contributed by atoms with Crippen LogP contribution in [0.1, 0.15) is 38.5 Å². The molecule has 2 heterocycles. The standard InChI is InChI=1S/C10H21N2/c1-12-8-4-2-6-10(12,11)7-3-5-9-12/h2-9,11H2,1H3/q+1. The van der Waals surface area contributed by atoms with Crippen LogP contribution in [0, 0.1) is 0 Å². The van der Waals surface area contributed by atoms with Crippen molar-refractivity contribution in [2.24, 2.45) is 5.73 Å². The van der Waals surface area contributed by atoms with Crippen molar-refractivity contribution in [3.05, 3.63) is 0 Å². The first-order valence-corrected chi connectivity index (χ1v) is 5.30. The predicted molar refractivity (Wildman–Crippen MR) is 50.5 cm³/mol. The molecule has 2 nitrogen and oxygen atoms in total. The maximum absolute atomic E-state index is 6.47. The number of rotatable bonds is 0. The van der Waals surface area contributed by atoms with Crippen LogP contribution in [-0.4, -0.2) is 30.3 Å². The summed E-state index contributed by atoms with van der Waals surface area (Å²) in [6.45, 7) is 2.63. The van der Waals surface area contributed by atoms with Crippen molar-refractivity contribution >= 4 is 0 Å². The molecule has 70 valence electrons. The molecule has 0 spiro atoms. The average Bonchev–Trinajstić information content (AvgIpc) is 2.05. The number of fused-ring (bicyclic) bond motifs is 1. The van der Waals surface area contributed by atoms with Crippen LogP contribution in [0.3, 0.4) is 0 Å².